The highest BCUT2D eigenvalue weighted by molar-refractivity contribution is 7.99. The molecule has 4 heteroatoms. The molecule has 3 nitrogen and oxygen atoms in total. The highest BCUT2D eigenvalue weighted by Gasteiger charge is 2.31. The first kappa shape index (κ1) is 14.8. The van der Waals surface area contributed by atoms with Crippen molar-refractivity contribution in [1.29, 1.82) is 0 Å². The fraction of sp³-hybridized carbons (Fsp3) is 0.923. The monoisotopic (exact) mass is 258 g/mol. The van der Waals surface area contributed by atoms with Gasteiger partial charge in [0.2, 0.25) is 5.91 Å². The number of amides is 1. The Morgan fingerprint density at radius 3 is 2.65 bits per heavy atom. The van der Waals surface area contributed by atoms with Crippen molar-refractivity contribution in [3.8, 4) is 0 Å². The van der Waals surface area contributed by atoms with Crippen LogP contribution in [0.3, 0.4) is 0 Å². The van der Waals surface area contributed by atoms with E-state index >= 15 is 0 Å². The van der Waals surface area contributed by atoms with Gasteiger partial charge in [-0.2, -0.15) is 11.8 Å². The molecule has 2 N–H and O–H groups in total. The van der Waals surface area contributed by atoms with E-state index in [4.69, 9.17) is 0 Å². The van der Waals surface area contributed by atoms with Crippen molar-refractivity contribution in [3.05, 3.63) is 0 Å². The molecule has 0 aliphatic carbocycles. The molecule has 0 aromatic carbocycles. The Hall–Kier alpha value is -0.220. The molecule has 0 aromatic heterocycles. The van der Waals surface area contributed by atoms with Crippen LogP contribution in [0.1, 0.15) is 34.1 Å². The SMILES string of the molecule is CNC(=O)C(C)(C)CNC1CSCC(C)(C)C1. The zero-order chi connectivity index (χ0) is 13.1. The molecule has 1 heterocycles. The highest BCUT2D eigenvalue weighted by atomic mass is 32.2. The third-order valence-electron chi connectivity index (χ3n) is 3.29. The molecule has 1 saturated heterocycles. The van der Waals surface area contributed by atoms with E-state index in [0.29, 0.717) is 11.5 Å². The molecule has 0 aromatic rings. The summed E-state index contributed by atoms with van der Waals surface area (Å²) in [6, 6.07) is 0.535. The van der Waals surface area contributed by atoms with Crippen LogP contribution in [0.25, 0.3) is 0 Å². The fourth-order valence-corrected chi connectivity index (χ4v) is 3.52. The predicted molar refractivity (Wildman–Crippen MR) is 75.4 cm³/mol. The molecule has 0 bridgehead atoms. The maximum atomic E-state index is 11.7. The maximum Gasteiger partial charge on any atom is 0.226 e. The van der Waals surface area contributed by atoms with E-state index in [1.54, 1.807) is 7.05 Å². The summed E-state index contributed by atoms with van der Waals surface area (Å²) in [5, 5.41) is 6.28. The lowest BCUT2D eigenvalue weighted by Crippen LogP contribution is -2.48. The Balaban J connectivity index is 2.43. The van der Waals surface area contributed by atoms with Crippen molar-refractivity contribution in [1.82, 2.24) is 10.6 Å². The van der Waals surface area contributed by atoms with Crippen LogP contribution in [0.15, 0.2) is 0 Å². The molecule has 1 amide bonds. The van der Waals surface area contributed by atoms with Crippen LogP contribution >= 0.6 is 11.8 Å². The Labute approximate surface area is 109 Å². The number of thioether (sulfide) groups is 1. The van der Waals surface area contributed by atoms with Gasteiger partial charge in [-0.15, -0.1) is 0 Å². The molecule has 0 radical (unpaired) electrons. The molecule has 1 unspecified atom stereocenters. The molecule has 100 valence electrons. The molecule has 1 aliphatic rings. The Bertz CT molecular complexity index is 277. The molecule has 1 atom stereocenters. The van der Waals surface area contributed by atoms with Gasteiger partial charge in [-0.25, -0.2) is 0 Å². The molecule has 1 rings (SSSR count). The van der Waals surface area contributed by atoms with Crippen molar-refractivity contribution in [3.63, 3.8) is 0 Å². The highest BCUT2D eigenvalue weighted by Crippen LogP contribution is 2.33. The largest absolute Gasteiger partial charge is 0.359 e. The van der Waals surface area contributed by atoms with Gasteiger partial charge in [-0.3, -0.25) is 4.79 Å². The summed E-state index contributed by atoms with van der Waals surface area (Å²) in [4.78, 5) is 11.7. The first-order valence-electron chi connectivity index (χ1n) is 6.30. The number of carbonyl (C=O) groups is 1. The van der Waals surface area contributed by atoms with Gasteiger partial charge in [0.15, 0.2) is 0 Å². The van der Waals surface area contributed by atoms with Gasteiger partial charge in [-0.05, 0) is 31.4 Å². The van der Waals surface area contributed by atoms with Gasteiger partial charge in [0.25, 0.3) is 0 Å². The average Bonchev–Trinajstić information content (AvgIpc) is 2.24. The molecule has 0 spiro atoms. The number of rotatable bonds is 4. The quantitative estimate of drug-likeness (QED) is 0.809. The predicted octanol–water partition coefficient (Wildman–Crippen LogP) is 1.88. The van der Waals surface area contributed by atoms with Crippen molar-refractivity contribution in [2.45, 2.75) is 40.2 Å². The minimum absolute atomic E-state index is 0.104. The molecular weight excluding hydrogens is 232 g/mol. The van der Waals surface area contributed by atoms with E-state index in [0.717, 1.165) is 12.3 Å². The van der Waals surface area contributed by atoms with Crippen LogP contribution in [0.2, 0.25) is 0 Å². The lowest BCUT2D eigenvalue weighted by Gasteiger charge is -2.36. The molecule has 0 saturated carbocycles. The summed E-state index contributed by atoms with van der Waals surface area (Å²) in [5.41, 5.74) is 0.0821. The number of hydrogen-bond donors (Lipinski definition) is 2. The lowest BCUT2D eigenvalue weighted by atomic mass is 9.86. The smallest absolute Gasteiger partial charge is 0.226 e. The third-order valence-corrected chi connectivity index (χ3v) is 4.91. The van der Waals surface area contributed by atoms with E-state index < -0.39 is 0 Å². The standard InChI is InChI=1S/C13H26N2OS/c1-12(2)6-10(7-17-9-12)15-8-13(3,4)11(16)14-5/h10,15H,6-9H2,1-5H3,(H,14,16). The molecule has 1 fully saturated rings. The van der Waals surface area contributed by atoms with Gasteiger partial charge >= 0.3 is 0 Å². The third kappa shape index (κ3) is 4.51. The van der Waals surface area contributed by atoms with E-state index in [1.807, 2.05) is 25.6 Å². The maximum absolute atomic E-state index is 11.7. The van der Waals surface area contributed by atoms with Crippen LogP contribution in [0.4, 0.5) is 0 Å². The summed E-state index contributed by atoms with van der Waals surface area (Å²) < 4.78 is 0. The second-order valence-corrected chi connectivity index (χ2v) is 7.45. The second kappa shape index (κ2) is 5.61. The van der Waals surface area contributed by atoms with Crippen molar-refractivity contribution in [2.75, 3.05) is 25.1 Å². The first-order chi connectivity index (χ1) is 7.77. The minimum atomic E-state index is -0.332. The average molecular weight is 258 g/mol. The fourth-order valence-electron chi connectivity index (χ4n) is 2.21. The zero-order valence-electron chi connectivity index (χ0n) is 11.7. The van der Waals surface area contributed by atoms with Crippen molar-refractivity contribution < 1.29 is 4.79 Å². The van der Waals surface area contributed by atoms with E-state index in [1.165, 1.54) is 12.2 Å². The second-order valence-electron chi connectivity index (χ2n) is 6.42. The van der Waals surface area contributed by atoms with Crippen LogP contribution in [-0.4, -0.2) is 37.0 Å². The Morgan fingerprint density at radius 2 is 2.12 bits per heavy atom. The molecule has 17 heavy (non-hydrogen) atoms. The molecular formula is C13H26N2OS. The number of hydrogen-bond acceptors (Lipinski definition) is 3. The summed E-state index contributed by atoms with van der Waals surface area (Å²) in [5.74, 6) is 2.50. The zero-order valence-corrected chi connectivity index (χ0v) is 12.5. The summed E-state index contributed by atoms with van der Waals surface area (Å²) in [7, 11) is 1.70. The number of nitrogens with one attached hydrogen (secondary N) is 2. The van der Waals surface area contributed by atoms with Crippen molar-refractivity contribution >= 4 is 17.7 Å². The van der Waals surface area contributed by atoms with Crippen LogP contribution in [-0.2, 0) is 4.79 Å². The van der Waals surface area contributed by atoms with Gasteiger partial charge < -0.3 is 10.6 Å². The van der Waals surface area contributed by atoms with Crippen LogP contribution in [0, 0.1) is 10.8 Å². The lowest BCUT2D eigenvalue weighted by molar-refractivity contribution is -0.128. The van der Waals surface area contributed by atoms with Crippen LogP contribution in [0.5, 0.6) is 0 Å². The first-order valence-corrected chi connectivity index (χ1v) is 7.46. The normalized spacial score (nSPS) is 24.4. The van der Waals surface area contributed by atoms with E-state index in [-0.39, 0.29) is 11.3 Å². The van der Waals surface area contributed by atoms with Crippen molar-refractivity contribution in [2.24, 2.45) is 10.8 Å². The van der Waals surface area contributed by atoms with Crippen LogP contribution < -0.4 is 10.6 Å². The summed E-state index contributed by atoms with van der Waals surface area (Å²) in [6.45, 7) is 9.35. The van der Waals surface area contributed by atoms with Gasteiger partial charge in [0.1, 0.15) is 0 Å². The summed E-state index contributed by atoms with van der Waals surface area (Å²) in [6.07, 6.45) is 1.20. The van der Waals surface area contributed by atoms with E-state index in [2.05, 4.69) is 24.5 Å². The minimum Gasteiger partial charge on any atom is -0.359 e. The Kier molecular flexibility index (Phi) is 4.90. The van der Waals surface area contributed by atoms with Gasteiger partial charge in [0.05, 0.1) is 5.41 Å². The van der Waals surface area contributed by atoms with E-state index in [9.17, 15) is 4.79 Å². The van der Waals surface area contributed by atoms with Gasteiger partial charge in [0, 0.05) is 25.4 Å². The van der Waals surface area contributed by atoms with Gasteiger partial charge in [-0.1, -0.05) is 13.8 Å². The number of carbonyl (C=O) groups excluding carboxylic acids is 1. The Morgan fingerprint density at radius 1 is 1.47 bits per heavy atom. The topological polar surface area (TPSA) is 41.1 Å². The molecule has 1 aliphatic heterocycles. The summed E-state index contributed by atoms with van der Waals surface area (Å²) >= 11 is 2.01.